The Morgan fingerprint density at radius 1 is 1.14 bits per heavy atom. The summed E-state index contributed by atoms with van der Waals surface area (Å²) in [4.78, 5) is 15.8. The largest absolute Gasteiger partial charge is 0.489 e. The summed E-state index contributed by atoms with van der Waals surface area (Å²) in [7, 11) is 1.91. The van der Waals surface area contributed by atoms with Gasteiger partial charge in [0.05, 0.1) is 5.69 Å². The fourth-order valence-electron chi connectivity index (χ4n) is 3.40. The second-order valence-corrected chi connectivity index (χ2v) is 7.16. The Balaban J connectivity index is 1.44. The number of hydrogen-bond donors (Lipinski definition) is 2. The van der Waals surface area contributed by atoms with Crippen LogP contribution < -0.4 is 10.1 Å². The van der Waals surface area contributed by atoms with Gasteiger partial charge in [-0.3, -0.25) is 9.48 Å². The molecule has 4 rings (SSSR count). The number of H-pyrrole nitrogens is 1. The second kappa shape index (κ2) is 7.83. The number of carbonyl (C=O) groups excluding carboxylic acids is 1. The van der Waals surface area contributed by atoms with Crippen LogP contribution in [0.15, 0.2) is 54.6 Å². The van der Waals surface area contributed by atoms with E-state index in [4.69, 9.17) is 4.74 Å². The monoisotopic (exact) mass is 388 g/mol. The number of nitrogens with one attached hydrogen (secondary N) is 2. The molecule has 0 atom stereocenters. The summed E-state index contributed by atoms with van der Waals surface area (Å²) in [5, 5.41) is 8.33. The highest BCUT2D eigenvalue weighted by Crippen LogP contribution is 2.22. The summed E-state index contributed by atoms with van der Waals surface area (Å²) in [5.41, 5.74) is 5.55. The summed E-state index contributed by atoms with van der Waals surface area (Å²) in [6.07, 6.45) is 0. The van der Waals surface area contributed by atoms with Crippen LogP contribution >= 0.6 is 0 Å². The predicted molar refractivity (Wildman–Crippen MR) is 113 cm³/mol. The van der Waals surface area contributed by atoms with E-state index in [1.165, 1.54) is 0 Å². The normalized spacial score (nSPS) is 11.0. The topological polar surface area (TPSA) is 71.9 Å². The average Bonchev–Trinajstić information content (AvgIpc) is 3.26. The van der Waals surface area contributed by atoms with Crippen LogP contribution in [0.4, 0.5) is 0 Å². The molecule has 0 radical (unpaired) electrons. The number of rotatable bonds is 6. The van der Waals surface area contributed by atoms with E-state index >= 15 is 0 Å². The number of carbonyl (C=O) groups is 1. The molecule has 1 amide bonds. The SMILES string of the molecule is Cc1nn(C)c(C)c1CNC(=O)c1cc2ccc(OCc3ccccc3)cc2[nH]1. The first-order chi connectivity index (χ1) is 14.0. The molecule has 0 unspecified atom stereocenters. The number of fused-ring (bicyclic) bond motifs is 1. The Kier molecular flexibility index (Phi) is 5.08. The van der Waals surface area contributed by atoms with Gasteiger partial charge in [0.15, 0.2) is 0 Å². The van der Waals surface area contributed by atoms with E-state index < -0.39 is 0 Å². The highest BCUT2D eigenvalue weighted by atomic mass is 16.5. The first-order valence-electron chi connectivity index (χ1n) is 9.58. The van der Waals surface area contributed by atoms with Crippen molar-refractivity contribution < 1.29 is 9.53 Å². The summed E-state index contributed by atoms with van der Waals surface area (Å²) in [5.74, 6) is 0.618. The minimum atomic E-state index is -0.143. The lowest BCUT2D eigenvalue weighted by molar-refractivity contribution is 0.0946. The number of ether oxygens (including phenoxy) is 1. The zero-order valence-electron chi connectivity index (χ0n) is 16.8. The highest BCUT2D eigenvalue weighted by molar-refractivity contribution is 5.98. The molecule has 148 valence electrons. The molecule has 29 heavy (non-hydrogen) atoms. The van der Waals surface area contributed by atoms with E-state index in [0.717, 1.165) is 39.2 Å². The van der Waals surface area contributed by atoms with Crippen molar-refractivity contribution in [3.63, 3.8) is 0 Å². The van der Waals surface area contributed by atoms with Gasteiger partial charge < -0.3 is 15.0 Å². The van der Waals surface area contributed by atoms with Crippen LogP contribution in [0.5, 0.6) is 5.75 Å². The fourth-order valence-corrected chi connectivity index (χ4v) is 3.40. The fraction of sp³-hybridized carbons (Fsp3) is 0.217. The Labute approximate surface area is 169 Å². The Bertz CT molecular complexity index is 1160. The average molecular weight is 388 g/mol. The Morgan fingerprint density at radius 2 is 1.93 bits per heavy atom. The van der Waals surface area contributed by atoms with Gasteiger partial charge in [-0.05, 0) is 37.6 Å². The van der Waals surface area contributed by atoms with Crippen molar-refractivity contribution in [1.82, 2.24) is 20.1 Å². The molecule has 0 aliphatic carbocycles. The number of amides is 1. The molecule has 6 heteroatoms. The molecule has 0 saturated carbocycles. The minimum Gasteiger partial charge on any atom is -0.489 e. The molecular weight excluding hydrogens is 364 g/mol. The molecule has 2 N–H and O–H groups in total. The van der Waals surface area contributed by atoms with Crippen LogP contribution in [0.3, 0.4) is 0 Å². The molecule has 0 saturated heterocycles. The zero-order chi connectivity index (χ0) is 20.4. The van der Waals surface area contributed by atoms with Gasteiger partial charge in [-0.25, -0.2) is 0 Å². The predicted octanol–water partition coefficient (Wildman–Crippen LogP) is 4.03. The lowest BCUT2D eigenvalue weighted by atomic mass is 10.2. The zero-order valence-corrected chi connectivity index (χ0v) is 16.8. The van der Waals surface area contributed by atoms with Crippen LogP contribution in [0, 0.1) is 13.8 Å². The molecule has 6 nitrogen and oxygen atoms in total. The maximum absolute atomic E-state index is 12.6. The molecule has 0 fully saturated rings. The number of aromatic nitrogens is 3. The van der Waals surface area contributed by atoms with Crippen molar-refractivity contribution in [3.05, 3.63) is 82.8 Å². The lowest BCUT2D eigenvalue weighted by Gasteiger charge is -2.06. The summed E-state index contributed by atoms with van der Waals surface area (Å²) in [6.45, 7) is 4.91. The minimum absolute atomic E-state index is 0.143. The van der Waals surface area contributed by atoms with Gasteiger partial charge in [-0.1, -0.05) is 30.3 Å². The third-order valence-electron chi connectivity index (χ3n) is 5.17. The Morgan fingerprint density at radius 3 is 2.66 bits per heavy atom. The number of aromatic amines is 1. The van der Waals surface area contributed by atoms with Gasteiger partial charge in [-0.2, -0.15) is 5.10 Å². The second-order valence-electron chi connectivity index (χ2n) is 7.16. The van der Waals surface area contributed by atoms with E-state index in [0.29, 0.717) is 18.8 Å². The van der Waals surface area contributed by atoms with Crippen molar-refractivity contribution in [2.24, 2.45) is 7.05 Å². The first kappa shape index (κ1) is 18.8. The molecule has 4 aromatic rings. The highest BCUT2D eigenvalue weighted by Gasteiger charge is 2.13. The molecule has 2 aromatic carbocycles. The van der Waals surface area contributed by atoms with Crippen molar-refractivity contribution in [1.29, 1.82) is 0 Å². The molecule has 2 aromatic heterocycles. The molecular formula is C23H24N4O2. The molecule has 0 aliphatic heterocycles. The van der Waals surface area contributed by atoms with Gasteiger partial charge in [0.2, 0.25) is 0 Å². The van der Waals surface area contributed by atoms with Crippen LogP contribution in [-0.4, -0.2) is 20.7 Å². The van der Waals surface area contributed by atoms with Crippen LogP contribution in [-0.2, 0) is 20.2 Å². The Hall–Kier alpha value is -3.54. The van der Waals surface area contributed by atoms with Gasteiger partial charge in [-0.15, -0.1) is 0 Å². The van der Waals surface area contributed by atoms with Crippen molar-refractivity contribution in [2.75, 3.05) is 0 Å². The third-order valence-corrected chi connectivity index (χ3v) is 5.17. The van der Waals surface area contributed by atoms with Crippen molar-refractivity contribution in [2.45, 2.75) is 27.0 Å². The van der Waals surface area contributed by atoms with Gasteiger partial charge in [0.25, 0.3) is 5.91 Å². The first-order valence-corrected chi connectivity index (χ1v) is 9.58. The van der Waals surface area contributed by atoms with E-state index in [2.05, 4.69) is 15.4 Å². The molecule has 0 aliphatic rings. The maximum atomic E-state index is 12.6. The van der Waals surface area contributed by atoms with Crippen LogP contribution in [0.25, 0.3) is 10.9 Å². The van der Waals surface area contributed by atoms with E-state index in [9.17, 15) is 4.79 Å². The van der Waals surface area contributed by atoms with Crippen LogP contribution in [0.2, 0.25) is 0 Å². The van der Waals surface area contributed by atoms with E-state index in [1.807, 2.05) is 80.2 Å². The van der Waals surface area contributed by atoms with Gasteiger partial charge in [0.1, 0.15) is 18.1 Å². The molecule has 2 heterocycles. The van der Waals surface area contributed by atoms with Crippen molar-refractivity contribution in [3.8, 4) is 5.75 Å². The third kappa shape index (κ3) is 4.01. The van der Waals surface area contributed by atoms with Gasteiger partial charge >= 0.3 is 0 Å². The lowest BCUT2D eigenvalue weighted by Crippen LogP contribution is -2.23. The number of nitrogens with zero attached hydrogens (tertiary/aromatic N) is 2. The van der Waals surface area contributed by atoms with Crippen LogP contribution in [0.1, 0.15) is 33.0 Å². The maximum Gasteiger partial charge on any atom is 0.267 e. The van der Waals surface area contributed by atoms with Gasteiger partial charge in [0, 0.05) is 41.8 Å². The summed E-state index contributed by atoms with van der Waals surface area (Å²) in [6, 6.07) is 17.7. The summed E-state index contributed by atoms with van der Waals surface area (Å²) >= 11 is 0. The molecule has 0 bridgehead atoms. The number of hydrogen-bond acceptors (Lipinski definition) is 3. The van der Waals surface area contributed by atoms with Crippen molar-refractivity contribution >= 4 is 16.8 Å². The van der Waals surface area contributed by atoms with E-state index in [1.54, 1.807) is 0 Å². The number of benzene rings is 2. The number of aryl methyl sites for hydroxylation is 2. The summed E-state index contributed by atoms with van der Waals surface area (Å²) < 4.78 is 7.70. The standard InChI is InChI=1S/C23H24N4O2/c1-15-20(16(2)27(3)26-15)13-24-23(28)22-11-18-9-10-19(12-21(18)25-22)29-14-17-7-5-4-6-8-17/h4-12,25H,13-14H2,1-3H3,(H,24,28). The smallest absolute Gasteiger partial charge is 0.267 e. The quantitative estimate of drug-likeness (QED) is 0.524. The van der Waals surface area contributed by atoms with E-state index in [-0.39, 0.29) is 5.91 Å². The molecule has 0 spiro atoms.